The predicted molar refractivity (Wildman–Crippen MR) is 135 cm³/mol. The molecule has 1 aliphatic heterocycles. The standard InChI is InChI=1S/C28H40N2O5/c1-4-5-6-7-8-9-10-11-12-13-18-32-23-16-14-22(15-17-23)26-29-19-24(20-30-26)34-27(31)25-21-33-28(2,3)35-25/h14-17,19-20,25H,4-13,18,21H2,1-3H3. The van der Waals surface area contributed by atoms with Gasteiger partial charge in [-0.1, -0.05) is 64.7 Å². The average Bonchev–Trinajstić information content (AvgIpc) is 3.23. The van der Waals surface area contributed by atoms with Crippen LogP contribution in [0.3, 0.4) is 0 Å². The number of unbranched alkanes of at least 4 members (excludes halogenated alkanes) is 9. The first-order valence-electron chi connectivity index (χ1n) is 13.1. The van der Waals surface area contributed by atoms with Gasteiger partial charge in [-0.15, -0.1) is 0 Å². The van der Waals surface area contributed by atoms with Crippen LogP contribution in [0, 0.1) is 0 Å². The second-order valence-corrected chi connectivity index (χ2v) is 9.54. The van der Waals surface area contributed by atoms with E-state index in [9.17, 15) is 4.79 Å². The minimum absolute atomic E-state index is 0.165. The lowest BCUT2D eigenvalue weighted by Crippen LogP contribution is -2.30. The Labute approximate surface area is 209 Å². The fraction of sp³-hybridized carbons (Fsp3) is 0.607. The minimum Gasteiger partial charge on any atom is -0.494 e. The Morgan fingerprint density at radius 3 is 2.09 bits per heavy atom. The normalized spacial score (nSPS) is 16.8. The van der Waals surface area contributed by atoms with Crippen LogP contribution in [-0.2, 0) is 14.3 Å². The van der Waals surface area contributed by atoms with E-state index in [4.69, 9.17) is 18.9 Å². The van der Waals surface area contributed by atoms with Crippen molar-refractivity contribution in [3.63, 3.8) is 0 Å². The lowest BCUT2D eigenvalue weighted by molar-refractivity contribution is -0.162. The Kier molecular flexibility index (Phi) is 10.9. The molecule has 0 bridgehead atoms. The molecule has 1 atom stereocenters. The van der Waals surface area contributed by atoms with E-state index in [1.165, 1.54) is 70.2 Å². The van der Waals surface area contributed by atoms with Crippen molar-refractivity contribution in [3.05, 3.63) is 36.7 Å². The summed E-state index contributed by atoms with van der Waals surface area (Å²) >= 11 is 0. The van der Waals surface area contributed by atoms with Crippen LogP contribution >= 0.6 is 0 Å². The molecule has 1 aromatic heterocycles. The molecule has 0 amide bonds. The van der Waals surface area contributed by atoms with Gasteiger partial charge in [0.1, 0.15) is 5.75 Å². The summed E-state index contributed by atoms with van der Waals surface area (Å²) in [6.07, 6.45) is 15.3. The molecular formula is C28H40N2O5. The lowest BCUT2D eigenvalue weighted by atomic mass is 10.1. The van der Waals surface area contributed by atoms with Crippen LogP contribution in [0.2, 0.25) is 0 Å². The third-order valence-electron chi connectivity index (χ3n) is 6.00. The third kappa shape index (κ3) is 9.57. The predicted octanol–water partition coefficient (Wildman–Crippen LogP) is 6.50. The zero-order chi connectivity index (χ0) is 24.9. The first-order chi connectivity index (χ1) is 17.0. The highest BCUT2D eigenvalue weighted by Crippen LogP contribution is 2.24. The van der Waals surface area contributed by atoms with Crippen molar-refractivity contribution in [2.24, 2.45) is 0 Å². The van der Waals surface area contributed by atoms with Gasteiger partial charge in [0.2, 0.25) is 0 Å². The Bertz CT molecular complexity index is 883. The zero-order valence-corrected chi connectivity index (χ0v) is 21.5. The Morgan fingerprint density at radius 2 is 1.51 bits per heavy atom. The maximum absolute atomic E-state index is 12.2. The molecule has 1 saturated heterocycles. The molecule has 1 aromatic carbocycles. The quantitative estimate of drug-likeness (QED) is 0.211. The van der Waals surface area contributed by atoms with Crippen LogP contribution in [0.25, 0.3) is 11.4 Å². The fourth-order valence-corrected chi connectivity index (χ4v) is 3.98. The molecule has 0 radical (unpaired) electrons. The van der Waals surface area contributed by atoms with Crippen LogP contribution in [-0.4, -0.2) is 41.0 Å². The molecule has 0 saturated carbocycles. The topological polar surface area (TPSA) is 79.8 Å². The number of benzene rings is 1. The summed E-state index contributed by atoms with van der Waals surface area (Å²) in [5, 5.41) is 0. The van der Waals surface area contributed by atoms with E-state index in [2.05, 4.69) is 16.9 Å². The van der Waals surface area contributed by atoms with Crippen molar-refractivity contribution < 1.29 is 23.7 Å². The largest absolute Gasteiger partial charge is 0.494 e. The summed E-state index contributed by atoms with van der Waals surface area (Å²) in [5.41, 5.74) is 0.864. The third-order valence-corrected chi connectivity index (χ3v) is 6.00. The highest BCUT2D eigenvalue weighted by Gasteiger charge is 2.38. The van der Waals surface area contributed by atoms with E-state index < -0.39 is 17.9 Å². The van der Waals surface area contributed by atoms with Gasteiger partial charge in [0.05, 0.1) is 25.6 Å². The van der Waals surface area contributed by atoms with Gasteiger partial charge < -0.3 is 18.9 Å². The van der Waals surface area contributed by atoms with Crippen LogP contribution in [0.1, 0.15) is 85.0 Å². The molecule has 35 heavy (non-hydrogen) atoms. The van der Waals surface area contributed by atoms with Crippen molar-refractivity contribution in [2.75, 3.05) is 13.2 Å². The number of hydrogen-bond acceptors (Lipinski definition) is 7. The van der Waals surface area contributed by atoms with Gasteiger partial charge in [-0.25, -0.2) is 14.8 Å². The Morgan fingerprint density at radius 1 is 0.914 bits per heavy atom. The van der Waals surface area contributed by atoms with Gasteiger partial charge in [0, 0.05) is 5.56 Å². The number of nitrogens with zero attached hydrogens (tertiary/aromatic N) is 2. The number of carbonyl (C=O) groups excluding carboxylic acids is 1. The molecule has 7 heteroatoms. The number of aromatic nitrogens is 2. The summed E-state index contributed by atoms with van der Waals surface area (Å²) in [6, 6.07) is 7.73. The van der Waals surface area contributed by atoms with Crippen molar-refractivity contribution in [3.8, 4) is 22.9 Å². The van der Waals surface area contributed by atoms with Gasteiger partial charge in [0.25, 0.3) is 0 Å². The second kappa shape index (κ2) is 14.1. The van der Waals surface area contributed by atoms with Crippen LogP contribution in [0.5, 0.6) is 11.5 Å². The van der Waals surface area contributed by atoms with Gasteiger partial charge in [-0.05, 0) is 44.5 Å². The van der Waals surface area contributed by atoms with Gasteiger partial charge in [-0.3, -0.25) is 0 Å². The smallest absolute Gasteiger partial charge is 0.343 e. The van der Waals surface area contributed by atoms with E-state index in [1.54, 1.807) is 13.8 Å². The molecule has 2 aromatic rings. The van der Waals surface area contributed by atoms with Crippen LogP contribution in [0.15, 0.2) is 36.7 Å². The van der Waals surface area contributed by atoms with E-state index in [0.29, 0.717) is 5.82 Å². The average molecular weight is 485 g/mol. The first-order valence-corrected chi connectivity index (χ1v) is 13.1. The lowest BCUT2D eigenvalue weighted by Gasteiger charge is -2.16. The number of hydrogen-bond donors (Lipinski definition) is 0. The van der Waals surface area contributed by atoms with Crippen molar-refractivity contribution in [1.29, 1.82) is 0 Å². The number of esters is 1. The maximum Gasteiger partial charge on any atom is 0.343 e. The van der Waals surface area contributed by atoms with E-state index in [1.807, 2.05) is 24.3 Å². The Hall–Kier alpha value is -2.51. The van der Waals surface area contributed by atoms with Crippen molar-refractivity contribution in [1.82, 2.24) is 9.97 Å². The second-order valence-electron chi connectivity index (χ2n) is 9.54. The van der Waals surface area contributed by atoms with Crippen molar-refractivity contribution >= 4 is 5.97 Å². The number of carbonyl (C=O) groups is 1. The van der Waals surface area contributed by atoms with Gasteiger partial charge >= 0.3 is 5.97 Å². The molecule has 1 fully saturated rings. The number of rotatable bonds is 15. The monoisotopic (exact) mass is 484 g/mol. The van der Waals surface area contributed by atoms with Gasteiger partial charge in [-0.2, -0.15) is 0 Å². The van der Waals surface area contributed by atoms with Crippen molar-refractivity contribution in [2.45, 2.75) is 96.9 Å². The van der Waals surface area contributed by atoms with Crippen LogP contribution < -0.4 is 9.47 Å². The molecule has 7 nitrogen and oxygen atoms in total. The molecule has 1 aliphatic rings. The molecule has 192 valence electrons. The van der Waals surface area contributed by atoms with E-state index in [0.717, 1.165) is 24.3 Å². The molecule has 0 aliphatic carbocycles. The summed E-state index contributed by atoms with van der Waals surface area (Å²) in [4.78, 5) is 20.9. The molecular weight excluding hydrogens is 444 g/mol. The molecule has 2 heterocycles. The summed E-state index contributed by atoms with van der Waals surface area (Å²) < 4.78 is 22.1. The van der Waals surface area contributed by atoms with E-state index >= 15 is 0 Å². The van der Waals surface area contributed by atoms with Gasteiger partial charge in [0.15, 0.2) is 23.5 Å². The SMILES string of the molecule is CCCCCCCCCCCCOc1ccc(-c2ncc(OC(=O)C3COC(C)(C)O3)cn2)cc1. The van der Waals surface area contributed by atoms with Crippen LogP contribution in [0.4, 0.5) is 0 Å². The summed E-state index contributed by atoms with van der Waals surface area (Å²) in [7, 11) is 0. The molecule has 1 unspecified atom stereocenters. The highest BCUT2D eigenvalue weighted by molar-refractivity contribution is 5.77. The molecule has 0 spiro atoms. The minimum atomic E-state index is -0.785. The maximum atomic E-state index is 12.2. The summed E-state index contributed by atoms with van der Waals surface area (Å²) in [5.74, 6) is 0.358. The first kappa shape index (κ1) is 27.1. The highest BCUT2D eigenvalue weighted by atomic mass is 16.8. The molecule has 0 N–H and O–H groups in total. The van der Waals surface area contributed by atoms with E-state index in [-0.39, 0.29) is 12.4 Å². The fourth-order valence-electron chi connectivity index (χ4n) is 3.98. The summed E-state index contributed by atoms with van der Waals surface area (Å²) in [6.45, 7) is 6.67. The Balaban J connectivity index is 1.32. The molecule has 3 rings (SSSR count). The zero-order valence-electron chi connectivity index (χ0n) is 21.5. The number of ether oxygens (including phenoxy) is 4.